The summed E-state index contributed by atoms with van der Waals surface area (Å²) in [4.78, 5) is 18.5. The zero-order valence-electron chi connectivity index (χ0n) is 14.1. The summed E-state index contributed by atoms with van der Waals surface area (Å²) < 4.78 is 12.8. The van der Waals surface area contributed by atoms with Crippen molar-refractivity contribution >= 4 is 5.91 Å². The maximum Gasteiger partial charge on any atom is 0.274 e. The number of benzene rings is 1. The van der Waals surface area contributed by atoms with Crippen LogP contribution in [0.2, 0.25) is 0 Å². The van der Waals surface area contributed by atoms with Gasteiger partial charge in [0.05, 0.1) is 20.0 Å². The molecule has 1 aliphatic rings. The summed E-state index contributed by atoms with van der Waals surface area (Å²) in [6.45, 7) is 2.11. The van der Waals surface area contributed by atoms with Crippen LogP contribution in [0.4, 0.5) is 0 Å². The Balaban J connectivity index is 1.54. The topological polar surface area (TPSA) is 56.6 Å². The summed E-state index contributed by atoms with van der Waals surface area (Å²) in [7, 11) is 3.51. The fourth-order valence-corrected chi connectivity index (χ4v) is 2.96. The third-order valence-corrected chi connectivity index (χ3v) is 4.28. The second-order valence-electron chi connectivity index (χ2n) is 6.17. The van der Waals surface area contributed by atoms with E-state index >= 15 is 0 Å². The summed E-state index contributed by atoms with van der Waals surface area (Å²) in [5, 5.41) is 0. The van der Waals surface area contributed by atoms with Crippen molar-refractivity contribution in [2.45, 2.75) is 12.8 Å². The molecule has 1 aliphatic heterocycles. The first-order valence-corrected chi connectivity index (χ1v) is 8.20. The van der Waals surface area contributed by atoms with Crippen LogP contribution < -0.4 is 9.47 Å². The lowest BCUT2D eigenvalue weighted by Crippen LogP contribution is -2.41. The largest absolute Gasteiger partial charge is 0.497 e. The average molecular weight is 329 g/mol. The molecule has 6 heteroatoms. The van der Waals surface area contributed by atoms with E-state index in [1.165, 1.54) is 0 Å². The first kappa shape index (κ1) is 16.4. The van der Waals surface area contributed by atoms with Crippen LogP contribution in [0, 0.1) is 5.92 Å². The van der Waals surface area contributed by atoms with Gasteiger partial charge in [0, 0.05) is 32.3 Å². The minimum Gasteiger partial charge on any atom is -0.497 e. The molecule has 2 heterocycles. The molecule has 1 saturated heterocycles. The molecule has 24 heavy (non-hydrogen) atoms. The standard InChI is InChI=1S/C18H23N3O3/c1-20-11-17(19-13-20)18(22)21-9-3-4-14(10-21)12-24-16-7-5-15(23-2)6-8-16/h5-8,11,13-14H,3-4,9-10,12H2,1-2H3/t14-/m1/s1. The van der Waals surface area contributed by atoms with Gasteiger partial charge in [-0.15, -0.1) is 0 Å². The van der Waals surface area contributed by atoms with E-state index < -0.39 is 0 Å². The van der Waals surface area contributed by atoms with Crippen molar-refractivity contribution in [3.05, 3.63) is 42.5 Å². The van der Waals surface area contributed by atoms with Crippen molar-refractivity contribution in [1.29, 1.82) is 0 Å². The third-order valence-electron chi connectivity index (χ3n) is 4.28. The Kier molecular flexibility index (Phi) is 5.03. The summed E-state index contributed by atoms with van der Waals surface area (Å²) >= 11 is 0. The van der Waals surface area contributed by atoms with Gasteiger partial charge in [0.25, 0.3) is 5.91 Å². The molecule has 128 valence electrons. The van der Waals surface area contributed by atoms with Crippen molar-refractivity contribution in [3.8, 4) is 11.5 Å². The fourth-order valence-electron chi connectivity index (χ4n) is 2.96. The average Bonchev–Trinajstić information content (AvgIpc) is 3.06. The molecule has 1 aromatic heterocycles. The van der Waals surface area contributed by atoms with Gasteiger partial charge in [-0.05, 0) is 37.1 Å². The first-order chi connectivity index (χ1) is 11.7. The Morgan fingerprint density at radius 2 is 2.04 bits per heavy atom. The van der Waals surface area contributed by atoms with Crippen molar-refractivity contribution in [2.24, 2.45) is 13.0 Å². The van der Waals surface area contributed by atoms with Crippen LogP contribution in [-0.2, 0) is 7.05 Å². The Bertz CT molecular complexity index is 681. The molecule has 0 saturated carbocycles. The van der Waals surface area contributed by atoms with E-state index in [9.17, 15) is 4.79 Å². The highest BCUT2D eigenvalue weighted by atomic mass is 16.5. The van der Waals surface area contributed by atoms with Crippen LogP contribution in [-0.4, -0.2) is 47.2 Å². The van der Waals surface area contributed by atoms with Gasteiger partial charge in [-0.25, -0.2) is 4.98 Å². The number of methoxy groups -OCH3 is 1. The molecule has 0 bridgehead atoms. The van der Waals surface area contributed by atoms with Crippen molar-refractivity contribution in [2.75, 3.05) is 26.8 Å². The molecule has 1 fully saturated rings. The number of ether oxygens (including phenoxy) is 2. The highest BCUT2D eigenvalue weighted by molar-refractivity contribution is 5.92. The van der Waals surface area contributed by atoms with Gasteiger partial charge in [0.2, 0.25) is 0 Å². The summed E-state index contributed by atoms with van der Waals surface area (Å²) in [5.74, 6) is 1.98. The van der Waals surface area contributed by atoms with E-state index in [2.05, 4.69) is 4.98 Å². The molecule has 6 nitrogen and oxygen atoms in total. The molecular weight excluding hydrogens is 306 g/mol. The first-order valence-electron chi connectivity index (χ1n) is 8.20. The number of amides is 1. The summed E-state index contributed by atoms with van der Waals surface area (Å²) in [6.07, 6.45) is 5.48. The Morgan fingerprint density at radius 1 is 1.29 bits per heavy atom. The van der Waals surface area contributed by atoms with Crippen LogP contribution in [0.1, 0.15) is 23.3 Å². The van der Waals surface area contributed by atoms with E-state index in [1.54, 1.807) is 24.2 Å². The van der Waals surface area contributed by atoms with Crippen molar-refractivity contribution in [3.63, 3.8) is 0 Å². The molecule has 1 aromatic carbocycles. The van der Waals surface area contributed by atoms with Crippen LogP contribution in [0.25, 0.3) is 0 Å². The highest BCUT2D eigenvalue weighted by Crippen LogP contribution is 2.21. The minimum absolute atomic E-state index is 0.00440. The van der Waals surface area contributed by atoms with Crippen LogP contribution >= 0.6 is 0 Å². The monoisotopic (exact) mass is 329 g/mol. The number of hydrogen-bond donors (Lipinski definition) is 0. The minimum atomic E-state index is 0.00440. The zero-order valence-corrected chi connectivity index (χ0v) is 14.1. The number of piperidine rings is 1. The number of aromatic nitrogens is 2. The van der Waals surface area contributed by atoms with Crippen molar-refractivity contribution < 1.29 is 14.3 Å². The van der Waals surface area contributed by atoms with E-state index in [4.69, 9.17) is 9.47 Å². The number of carbonyl (C=O) groups is 1. The number of aryl methyl sites for hydroxylation is 1. The molecule has 2 aromatic rings. The number of imidazole rings is 1. The van der Waals surface area contributed by atoms with Gasteiger partial charge in [0.1, 0.15) is 17.2 Å². The van der Waals surface area contributed by atoms with Crippen molar-refractivity contribution in [1.82, 2.24) is 14.5 Å². The predicted molar refractivity (Wildman–Crippen MR) is 90.3 cm³/mol. The zero-order chi connectivity index (χ0) is 16.9. The van der Waals surface area contributed by atoms with E-state index in [0.717, 1.165) is 30.9 Å². The Hall–Kier alpha value is -2.50. The van der Waals surface area contributed by atoms with E-state index in [0.29, 0.717) is 24.8 Å². The maximum absolute atomic E-state index is 12.5. The summed E-state index contributed by atoms with van der Waals surface area (Å²) in [6, 6.07) is 7.57. The lowest BCUT2D eigenvalue weighted by molar-refractivity contribution is 0.0628. The Labute approximate surface area is 142 Å². The third kappa shape index (κ3) is 3.88. The van der Waals surface area contributed by atoms with Gasteiger partial charge >= 0.3 is 0 Å². The molecule has 3 rings (SSSR count). The number of likely N-dealkylation sites (tertiary alicyclic amines) is 1. The lowest BCUT2D eigenvalue weighted by Gasteiger charge is -2.32. The SMILES string of the molecule is COc1ccc(OC[C@@H]2CCCN(C(=O)c3cn(C)cn3)C2)cc1. The molecule has 0 aliphatic carbocycles. The molecule has 0 radical (unpaired) electrons. The van der Waals surface area contributed by atoms with Crippen LogP contribution in [0.3, 0.4) is 0 Å². The normalized spacial score (nSPS) is 17.6. The second kappa shape index (κ2) is 7.38. The van der Waals surface area contributed by atoms with E-state index in [-0.39, 0.29) is 5.91 Å². The van der Waals surface area contributed by atoms with Gasteiger partial charge < -0.3 is 18.9 Å². The van der Waals surface area contributed by atoms with Gasteiger partial charge in [-0.3, -0.25) is 4.79 Å². The molecule has 0 spiro atoms. The molecular formula is C18H23N3O3. The van der Waals surface area contributed by atoms with Gasteiger partial charge in [0.15, 0.2) is 0 Å². The number of hydrogen-bond acceptors (Lipinski definition) is 4. The second-order valence-corrected chi connectivity index (χ2v) is 6.17. The predicted octanol–water partition coefficient (Wildman–Crippen LogP) is 2.36. The molecule has 1 amide bonds. The fraction of sp³-hybridized carbons (Fsp3) is 0.444. The quantitative estimate of drug-likeness (QED) is 0.845. The van der Waals surface area contributed by atoms with Crippen LogP contribution in [0.15, 0.2) is 36.8 Å². The molecule has 0 N–H and O–H groups in total. The molecule has 1 atom stereocenters. The number of carbonyl (C=O) groups excluding carboxylic acids is 1. The lowest BCUT2D eigenvalue weighted by atomic mass is 9.98. The highest BCUT2D eigenvalue weighted by Gasteiger charge is 2.26. The number of rotatable bonds is 5. The van der Waals surface area contributed by atoms with Crippen LogP contribution in [0.5, 0.6) is 11.5 Å². The maximum atomic E-state index is 12.5. The van der Waals surface area contributed by atoms with Gasteiger partial charge in [-0.1, -0.05) is 0 Å². The van der Waals surface area contributed by atoms with Gasteiger partial charge in [-0.2, -0.15) is 0 Å². The summed E-state index contributed by atoms with van der Waals surface area (Å²) in [5.41, 5.74) is 0.509. The number of nitrogens with zero attached hydrogens (tertiary/aromatic N) is 3. The molecule has 0 unspecified atom stereocenters. The smallest absolute Gasteiger partial charge is 0.274 e. The Morgan fingerprint density at radius 3 is 2.71 bits per heavy atom. The van der Waals surface area contributed by atoms with E-state index in [1.807, 2.05) is 36.2 Å².